The summed E-state index contributed by atoms with van der Waals surface area (Å²) in [5.41, 5.74) is 2.17. The molecule has 0 aliphatic rings. The lowest BCUT2D eigenvalue weighted by Crippen LogP contribution is -2.08. The SMILES string of the molecule is O=c1[nH]c(C=Cc2ccccc2Cl)nc2nn(Cc3ccccc3)cc12. The van der Waals surface area contributed by atoms with Gasteiger partial charge in [0.15, 0.2) is 5.65 Å². The number of hydrogen-bond acceptors (Lipinski definition) is 3. The third-order valence-corrected chi connectivity index (χ3v) is 4.31. The highest BCUT2D eigenvalue weighted by atomic mass is 35.5. The minimum Gasteiger partial charge on any atom is -0.306 e. The highest BCUT2D eigenvalue weighted by molar-refractivity contribution is 6.32. The van der Waals surface area contributed by atoms with E-state index in [4.69, 9.17) is 11.6 Å². The van der Waals surface area contributed by atoms with Gasteiger partial charge in [-0.25, -0.2) is 4.98 Å². The van der Waals surface area contributed by atoms with Crippen LogP contribution in [0.3, 0.4) is 0 Å². The summed E-state index contributed by atoms with van der Waals surface area (Å²) >= 11 is 6.14. The highest BCUT2D eigenvalue weighted by Crippen LogP contribution is 2.17. The first-order chi connectivity index (χ1) is 12.7. The van der Waals surface area contributed by atoms with E-state index in [-0.39, 0.29) is 5.56 Å². The van der Waals surface area contributed by atoms with Crippen molar-refractivity contribution in [1.29, 1.82) is 0 Å². The topological polar surface area (TPSA) is 63.6 Å². The normalized spacial score (nSPS) is 11.4. The molecule has 0 atom stereocenters. The molecule has 2 aromatic carbocycles. The molecule has 4 rings (SSSR count). The highest BCUT2D eigenvalue weighted by Gasteiger charge is 2.08. The van der Waals surface area contributed by atoms with Gasteiger partial charge in [-0.1, -0.05) is 60.1 Å². The Labute approximate surface area is 154 Å². The van der Waals surface area contributed by atoms with Gasteiger partial charge in [0.2, 0.25) is 0 Å². The Morgan fingerprint density at radius 1 is 1.04 bits per heavy atom. The fraction of sp³-hybridized carbons (Fsp3) is 0.0500. The van der Waals surface area contributed by atoms with Gasteiger partial charge in [-0.3, -0.25) is 9.48 Å². The molecule has 0 aliphatic carbocycles. The molecule has 0 radical (unpaired) electrons. The van der Waals surface area contributed by atoms with Crippen LogP contribution in [0.1, 0.15) is 17.0 Å². The van der Waals surface area contributed by atoms with Gasteiger partial charge >= 0.3 is 0 Å². The monoisotopic (exact) mass is 362 g/mol. The van der Waals surface area contributed by atoms with E-state index in [2.05, 4.69) is 15.1 Å². The van der Waals surface area contributed by atoms with Crippen LogP contribution in [0.5, 0.6) is 0 Å². The third kappa shape index (κ3) is 3.43. The van der Waals surface area contributed by atoms with Gasteiger partial charge in [-0.05, 0) is 29.3 Å². The number of nitrogens with one attached hydrogen (secondary N) is 1. The molecule has 1 N–H and O–H groups in total. The first kappa shape index (κ1) is 16.3. The Morgan fingerprint density at radius 2 is 1.81 bits per heavy atom. The molecule has 6 heteroatoms. The number of halogens is 1. The van der Waals surface area contributed by atoms with Crippen molar-refractivity contribution in [3.63, 3.8) is 0 Å². The fourth-order valence-electron chi connectivity index (χ4n) is 2.69. The molecule has 5 nitrogen and oxygen atoms in total. The van der Waals surface area contributed by atoms with Gasteiger partial charge in [0, 0.05) is 11.2 Å². The predicted molar refractivity (Wildman–Crippen MR) is 104 cm³/mol. The summed E-state index contributed by atoms with van der Waals surface area (Å²) in [6, 6.07) is 17.4. The van der Waals surface area contributed by atoms with Gasteiger partial charge in [0.1, 0.15) is 11.2 Å². The van der Waals surface area contributed by atoms with E-state index < -0.39 is 0 Å². The number of benzene rings is 2. The predicted octanol–water partition coefficient (Wildman–Crippen LogP) is 3.99. The van der Waals surface area contributed by atoms with Gasteiger partial charge in [-0.2, -0.15) is 5.10 Å². The van der Waals surface area contributed by atoms with Crippen LogP contribution in [0, 0.1) is 0 Å². The summed E-state index contributed by atoms with van der Waals surface area (Å²) in [7, 11) is 0. The van der Waals surface area contributed by atoms with Crippen LogP contribution in [0.15, 0.2) is 65.6 Å². The van der Waals surface area contributed by atoms with Crippen molar-refractivity contribution in [3.8, 4) is 0 Å². The second-order valence-corrected chi connectivity index (χ2v) is 6.26. The molecule has 0 saturated heterocycles. The van der Waals surface area contributed by atoms with Crippen LogP contribution in [0.4, 0.5) is 0 Å². The lowest BCUT2D eigenvalue weighted by Gasteiger charge is -1.99. The zero-order chi connectivity index (χ0) is 17.9. The molecule has 4 aromatic rings. The number of hydrogen-bond donors (Lipinski definition) is 1. The van der Waals surface area contributed by atoms with E-state index in [1.54, 1.807) is 17.0 Å². The first-order valence-corrected chi connectivity index (χ1v) is 8.51. The maximum absolute atomic E-state index is 12.3. The lowest BCUT2D eigenvalue weighted by molar-refractivity contribution is 0.693. The van der Waals surface area contributed by atoms with Crippen molar-refractivity contribution >= 4 is 34.8 Å². The number of H-pyrrole nitrogens is 1. The van der Waals surface area contributed by atoms with E-state index in [0.29, 0.717) is 28.4 Å². The van der Waals surface area contributed by atoms with E-state index in [1.165, 1.54) is 0 Å². The maximum atomic E-state index is 12.3. The van der Waals surface area contributed by atoms with E-state index in [9.17, 15) is 4.79 Å². The first-order valence-electron chi connectivity index (χ1n) is 8.13. The molecule has 0 spiro atoms. The van der Waals surface area contributed by atoms with Crippen molar-refractivity contribution in [2.45, 2.75) is 6.54 Å². The molecule has 0 saturated carbocycles. The molecule has 0 fully saturated rings. The van der Waals surface area contributed by atoms with Crippen LogP contribution < -0.4 is 5.56 Å². The average Bonchev–Trinajstić information content (AvgIpc) is 3.05. The lowest BCUT2D eigenvalue weighted by atomic mass is 10.2. The number of aromatic amines is 1. The van der Waals surface area contributed by atoms with Crippen LogP contribution in [0.2, 0.25) is 5.02 Å². The fourth-order valence-corrected chi connectivity index (χ4v) is 2.89. The van der Waals surface area contributed by atoms with Crippen LogP contribution in [-0.4, -0.2) is 19.7 Å². The van der Waals surface area contributed by atoms with Crippen molar-refractivity contribution in [1.82, 2.24) is 19.7 Å². The molecule has 0 unspecified atom stereocenters. The second kappa shape index (κ2) is 6.98. The quantitative estimate of drug-likeness (QED) is 0.597. The summed E-state index contributed by atoms with van der Waals surface area (Å²) in [4.78, 5) is 19.5. The Bertz CT molecular complexity index is 1150. The summed E-state index contributed by atoms with van der Waals surface area (Å²) in [6.07, 6.45) is 5.25. The number of fused-ring (bicyclic) bond motifs is 1. The summed E-state index contributed by atoms with van der Waals surface area (Å²) in [5.74, 6) is 0.437. The smallest absolute Gasteiger partial charge is 0.262 e. The van der Waals surface area contributed by atoms with Crippen molar-refractivity contribution in [2.24, 2.45) is 0 Å². The largest absolute Gasteiger partial charge is 0.306 e. The van der Waals surface area contributed by atoms with Gasteiger partial charge in [-0.15, -0.1) is 0 Å². The zero-order valence-electron chi connectivity index (χ0n) is 13.8. The molecule has 0 aliphatic heterocycles. The molecule has 0 amide bonds. The standard InChI is InChI=1S/C20H15ClN4O/c21-17-9-5-4-8-15(17)10-11-18-22-19-16(20(26)23-18)13-25(24-19)12-14-6-2-1-3-7-14/h1-11,13H,12H2,(H,22,23,24,26). The average molecular weight is 363 g/mol. The third-order valence-electron chi connectivity index (χ3n) is 3.97. The summed E-state index contributed by atoms with van der Waals surface area (Å²) < 4.78 is 1.73. The second-order valence-electron chi connectivity index (χ2n) is 5.86. The van der Waals surface area contributed by atoms with Crippen molar-refractivity contribution in [3.05, 3.63) is 93.1 Å². The summed E-state index contributed by atoms with van der Waals surface area (Å²) in [5, 5.41) is 5.53. The van der Waals surface area contributed by atoms with Crippen LogP contribution in [-0.2, 0) is 6.54 Å². The zero-order valence-corrected chi connectivity index (χ0v) is 14.5. The number of rotatable bonds is 4. The van der Waals surface area contributed by atoms with Gasteiger partial charge in [0.05, 0.1) is 6.54 Å². The number of nitrogens with zero attached hydrogens (tertiary/aromatic N) is 3. The van der Waals surface area contributed by atoms with Gasteiger partial charge in [0.25, 0.3) is 5.56 Å². The molecule has 128 valence electrons. The minimum absolute atomic E-state index is 0.215. The number of aromatic nitrogens is 4. The van der Waals surface area contributed by atoms with E-state index in [0.717, 1.165) is 11.1 Å². The molecule has 26 heavy (non-hydrogen) atoms. The molecule has 0 bridgehead atoms. The van der Waals surface area contributed by atoms with Gasteiger partial charge < -0.3 is 4.98 Å². The van der Waals surface area contributed by atoms with E-state index in [1.807, 2.05) is 60.7 Å². The molecule has 2 aromatic heterocycles. The Balaban J connectivity index is 1.66. The minimum atomic E-state index is -0.215. The molecular formula is C20H15ClN4O. The van der Waals surface area contributed by atoms with Crippen molar-refractivity contribution < 1.29 is 0 Å². The molecule has 2 heterocycles. The van der Waals surface area contributed by atoms with E-state index >= 15 is 0 Å². The Morgan fingerprint density at radius 3 is 2.62 bits per heavy atom. The Kier molecular flexibility index (Phi) is 4.37. The van der Waals surface area contributed by atoms with Crippen molar-refractivity contribution in [2.75, 3.05) is 0 Å². The summed E-state index contributed by atoms with van der Waals surface area (Å²) in [6.45, 7) is 0.585. The Hall–Kier alpha value is -3.18. The maximum Gasteiger partial charge on any atom is 0.262 e. The van der Waals surface area contributed by atoms with Crippen LogP contribution in [0.25, 0.3) is 23.2 Å². The van der Waals surface area contributed by atoms with Crippen LogP contribution >= 0.6 is 11.6 Å². The molecular weight excluding hydrogens is 348 g/mol.